The van der Waals surface area contributed by atoms with Gasteiger partial charge in [-0.2, -0.15) is 0 Å². The summed E-state index contributed by atoms with van der Waals surface area (Å²) in [5.74, 6) is 1.95. The molecule has 0 atom stereocenters. The Hall–Kier alpha value is -2.28. The fourth-order valence-corrected chi connectivity index (χ4v) is 3.81. The van der Waals surface area contributed by atoms with Crippen LogP contribution in [0.5, 0.6) is 11.5 Å². The molecule has 0 radical (unpaired) electrons. The number of aromatic nitrogens is 1. The SMILES string of the molecule is CCOc1c(Br)cc(C(=O)NCc2ccc(N3CCCCC3)nc2)cc1OC. The fourth-order valence-electron chi connectivity index (χ4n) is 3.25. The Morgan fingerprint density at radius 3 is 2.68 bits per heavy atom. The first-order valence-electron chi connectivity index (χ1n) is 9.60. The second-order valence-corrected chi connectivity index (χ2v) is 7.53. The molecular formula is C21H26BrN3O3. The molecule has 1 saturated heterocycles. The largest absolute Gasteiger partial charge is 0.493 e. The Morgan fingerprint density at radius 2 is 2.04 bits per heavy atom. The van der Waals surface area contributed by atoms with E-state index >= 15 is 0 Å². The molecule has 0 saturated carbocycles. The van der Waals surface area contributed by atoms with Crippen molar-refractivity contribution in [2.24, 2.45) is 0 Å². The van der Waals surface area contributed by atoms with Gasteiger partial charge in [0.05, 0.1) is 18.2 Å². The molecule has 2 aromatic rings. The van der Waals surface area contributed by atoms with Gasteiger partial charge >= 0.3 is 0 Å². The third-order valence-electron chi connectivity index (χ3n) is 4.72. The fraction of sp³-hybridized carbons (Fsp3) is 0.429. The Bertz CT molecular complexity index is 805. The lowest BCUT2D eigenvalue weighted by molar-refractivity contribution is 0.0950. The number of pyridine rings is 1. The van der Waals surface area contributed by atoms with E-state index < -0.39 is 0 Å². The number of methoxy groups -OCH3 is 1. The minimum absolute atomic E-state index is 0.179. The van der Waals surface area contributed by atoms with Crippen molar-refractivity contribution in [3.63, 3.8) is 0 Å². The number of carbonyl (C=O) groups excluding carboxylic acids is 1. The van der Waals surface area contributed by atoms with Crippen LogP contribution >= 0.6 is 15.9 Å². The normalized spacial score (nSPS) is 13.9. The first-order chi connectivity index (χ1) is 13.6. The predicted molar refractivity (Wildman–Crippen MR) is 113 cm³/mol. The van der Waals surface area contributed by atoms with E-state index in [0.717, 1.165) is 24.5 Å². The highest BCUT2D eigenvalue weighted by molar-refractivity contribution is 9.10. The molecule has 1 fully saturated rings. The molecule has 1 aliphatic rings. The number of piperidine rings is 1. The molecule has 1 aliphatic heterocycles. The summed E-state index contributed by atoms with van der Waals surface area (Å²) in [5.41, 5.74) is 1.47. The molecule has 1 aromatic heterocycles. The van der Waals surface area contributed by atoms with Crippen LogP contribution in [0, 0.1) is 0 Å². The number of benzene rings is 1. The van der Waals surface area contributed by atoms with Gasteiger partial charge < -0.3 is 19.7 Å². The lowest BCUT2D eigenvalue weighted by Gasteiger charge is -2.27. The van der Waals surface area contributed by atoms with Crippen LogP contribution in [-0.2, 0) is 6.54 Å². The molecule has 7 heteroatoms. The summed E-state index contributed by atoms with van der Waals surface area (Å²) < 4.78 is 11.6. The van der Waals surface area contributed by atoms with E-state index in [4.69, 9.17) is 9.47 Å². The van der Waals surface area contributed by atoms with Crippen LogP contribution in [-0.4, -0.2) is 37.7 Å². The number of halogens is 1. The molecule has 3 rings (SSSR count). The molecule has 0 spiro atoms. The standard InChI is InChI=1S/C21H26BrN3O3/c1-3-28-20-17(22)11-16(12-18(20)27-2)21(26)24-14-15-7-8-19(23-13-15)25-9-5-4-6-10-25/h7-8,11-13H,3-6,9-10,14H2,1-2H3,(H,24,26). The minimum atomic E-state index is -0.179. The number of anilines is 1. The van der Waals surface area contributed by atoms with Gasteiger partial charge in [0.15, 0.2) is 11.5 Å². The topological polar surface area (TPSA) is 63.7 Å². The highest BCUT2D eigenvalue weighted by Crippen LogP contribution is 2.36. The van der Waals surface area contributed by atoms with Crippen LogP contribution in [0.4, 0.5) is 5.82 Å². The summed E-state index contributed by atoms with van der Waals surface area (Å²) in [4.78, 5) is 19.4. The number of ether oxygens (including phenoxy) is 2. The summed E-state index contributed by atoms with van der Waals surface area (Å²) >= 11 is 3.45. The van der Waals surface area contributed by atoms with Gasteiger partial charge in [0.2, 0.25) is 0 Å². The number of hydrogen-bond acceptors (Lipinski definition) is 5. The maximum atomic E-state index is 12.6. The van der Waals surface area contributed by atoms with Crippen molar-refractivity contribution >= 4 is 27.7 Å². The minimum Gasteiger partial charge on any atom is -0.493 e. The van der Waals surface area contributed by atoms with Gasteiger partial charge in [-0.3, -0.25) is 4.79 Å². The number of nitrogens with one attached hydrogen (secondary N) is 1. The highest BCUT2D eigenvalue weighted by atomic mass is 79.9. The van der Waals surface area contributed by atoms with E-state index in [9.17, 15) is 4.79 Å². The van der Waals surface area contributed by atoms with E-state index in [0.29, 0.717) is 34.7 Å². The lowest BCUT2D eigenvalue weighted by atomic mass is 10.1. The summed E-state index contributed by atoms with van der Waals surface area (Å²) in [6.45, 7) is 4.96. The molecule has 28 heavy (non-hydrogen) atoms. The van der Waals surface area contributed by atoms with Gasteiger partial charge in [-0.05, 0) is 65.9 Å². The molecule has 2 heterocycles. The Labute approximate surface area is 174 Å². The zero-order valence-corrected chi connectivity index (χ0v) is 17.9. The zero-order chi connectivity index (χ0) is 19.9. The van der Waals surface area contributed by atoms with Crippen molar-refractivity contribution in [3.05, 3.63) is 46.1 Å². The molecule has 1 amide bonds. The maximum Gasteiger partial charge on any atom is 0.251 e. The number of carbonyl (C=O) groups is 1. The van der Waals surface area contributed by atoms with Crippen molar-refractivity contribution in [1.29, 1.82) is 0 Å². The molecule has 0 aliphatic carbocycles. The monoisotopic (exact) mass is 447 g/mol. The van der Waals surface area contributed by atoms with Crippen LogP contribution in [0.3, 0.4) is 0 Å². The van der Waals surface area contributed by atoms with Crippen LogP contribution in [0.15, 0.2) is 34.9 Å². The van der Waals surface area contributed by atoms with E-state index in [2.05, 4.69) is 31.1 Å². The average molecular weight is 448 g/mol. The van der Waals surface area contributed by atoms with E-state index in [1.807, 2.05) is 25.3 Å². The van der Waals surface area contributed by atoms with Crippen molar-refractivity contribution in [1.82, 2.24) is 10.3 Å². The maximum absolute atomic E-state index is 12.6. The van der Waals surface area contributed by atoms with Crippen molar-refractivity contribution < 1.29 is 14.3 Å². The second-order valence-electron chi connectivity index (χ2n) is 6.68. The van der Waals surface area contributed by atoms with Crippen LogP contribution in [0.2, 0.25) is 0 Å². The van der Waals surface area contributed by atoms with Crippen molar-refractivity contribution in [2.45, 2.75) is 32.7 Å². The third kappa shape index (κ3) is 4.95. The summed E-state index contributed by atoms with van der Waals surface area (Å²) in [6.07, 6.45) is 5.58. The quantitative estimate of drug-likeness (QED) is 0.689. The van der Waals surface area contributed by atoms with E-state index in [1.165, 1.54) is 19.3 Å². The first kappa shape index (κ1) is 20.5. The van der Waals surface area contributed by atoms with Crippen LogP contribution in [0.25, 0.3) is 0 Å². The van der Waals surface area contributed by atoms with Gasteiger partial charge in [0.1, 0.15) is 5.82 Å². The van der Waals surface area contributed by atoms with Gasteiger partial charge in [-0.1, -0.05) is 6.07 Å². The van der Waals surface area contributed by atoms with Gasteiger partial charge in [0, 0.05) is 31.4 Å². The van der Waals surface area contributed by atoms with Crippen molar-refractivity contribution in [2.75, 3.05) is 31.7 Å². The number of hydrogen-bond donors (Lipinski definition) is 1. The Kier molecular flexibility index (Phi) is 7.14. The van der Waals surface area contributed by atoms with Crippen LogP contribution in [0.1, 0.15) is 42.1 Å². The second kappa shape index (κ2) is 9.78. The summed E-state index contributed by atoms with van der Waals surface area (Å²) in [6, 6.07) is 7.47. The predicted octanol–water partition coefficient (Wildman–Crippen LogP) is 4.17. The van der Waals surface area contributed by atoms with Gasteiger partial charge in [0.25, 0.3) is 5.91 Å². The van der Waals surface area contributed by atoms with E-state index in [1.54, 1.807) is 19.2 Å². The Balaban J connectivity index is 1.63. The van der Waals surface area contributed by atoms with E-state index in [-0.39, 0.29) is 5.91 Å². The average Bonchev–Trinajstić information content (AvgIpc) is 2.74. The van der Waals surface area contributed by atoms with Gasteiger partial charge in [-0.15, -0.1) is 0 Å². The smallest absolute Gasteiger partial charge is 0.251 e. The summed E-state index contributed by atoms with van der Waals surface area (Å²) in [5, 5.41) is 2.93. The number of nitrogens with zero attached hydrogens (tertiary/aromatic N) is 2. The first-order valence-corrected chi connectivity index (χ1v) is 10.4. The molecule has 0 bridgehead atoms. The Morgan fingerprint density at radius 1 is 1.25 bits per heavy atom. The summed E-state index contributed by atoms with van der Waals surface area (Å²) in [7, 11) is 1.56. The van der Waals surface area contributed by atoms with Crippen LogP contribution < -0.4 is 19.7 Å². The van der Waals surface area contributed by atoms with Gasteiger partial charge in [-0.25, -0.2) is 4.98 Å². The number of amides is 1. The molecular weight excluding hydrogens is 422 g/mol. The van der Waals surface area contributed by atoms with Crippen molar-refractivity contribution in [3.8, 4) is 11.5 Å². The number of rotatable bonds is 7. The zero-order valence-electron chi connectivity index (χ0n) is 16.3. The molecule has 6 nitrogen and oxygen atoms in total. The third-order valence-corrected chi connectivity index (χ3v) is 5.31. The highest BCUT2D eigenvalue weighted by Gasteiger charge is 2.16. The molecule has 150 valence electrons. The molecule has 1 N–H and O–H groups in total. The molecule has 1 aromatic carbocycles. The molecule has 0 unspecified atom stereocenters. The lowest BCUT2D eigenvalue weighted by Crippen LogP contribution is -2.30.